The van der Waals surface area contributed by atoms with Gasteiger partial charge in [-0.3, -0.25) is 14.4 Å². The maximum absolute atomic E-state index is 12.6. The van der Waals surface area contributed by atoms with Crippen LogP contribution in [0.3, 0.4) is 0 Å². The second kappa shape index (κ2) is 9.53. The van der Waals surface area contributed by atoms with Crippen LogP contribution in [0.15, 0.2) is 28.7 Å². The number of benzene rings is 1. The van der Waals surface area contributed by atoms with Gasteiger partial charge in [-0.2, -0.15) is 0 Å². The van der Waals surface area contributed by atoms with Crippen LogP contribution < -0.4 is 10.6 Å². The molecule has 0 saturated carbocycles. The number of ether oxygens (including phenoxy) is 1. The van der Waals surface area contributed by atoms with E-state index in [-0.39, 0.29) is 31.4 Å². The molecule has 136 valence electrons. The van der Waals surface area contributed by atoms with E-state index in [1.165, 1.54) is 0 Å². The summed E-state index contributed by atoms with van der Waals surface area (Å²) in [6.07, 6.45) is -0.00672. The van der Waals surface area contributed by atoms with Crippen molar-refractivity contribution in [3.8, 4) is 0 Å². The molecule has 8 heteroatoms. The number of carbonyl (C=O) groups excluding carboxylic acids is 3. The zero-order valence-corrected chi connectivity index (χ0v) is 15.7. The molecule has 0 radical (unpaired) electrons. The number of halogens is 1. The molecule has 1 unspecified atom stereocenters. The van der Waals surface area contributed by atoms with Crippen LogP contribution in [0.25, 0.3) is 0 Å². The summed E-state index contributed by atoms with van der Waals surface area (Å²) in [4.78, 5) is 37.5. The largest absolute Gasteiger partial charge is 0.465 e. The highest BCUT2D eigenvalue weighted by molar-refractivity contribution is 9.10. The topological polar surface area (TPSA) is 87.7 Å². The highest BCUT2D eigenvalue weighted by Gasteiger charge is 2.30. The summed E-state index contributed by atoms with van der Waals surface area (Å²) in [5.41, 5.74) is 1.02. The smallest absolute Gasteiger partial charge is 0.325 e. The SMILES string of the molecule is CCOC(=O)CNC(=O)CC1NCCN(Cc2cccc(Br)c2)C1=O. The van der Waals surface area contributed by atoms with Crippen molar-refractivity contribution in [2.24, 2.45) is 0 Å². The fourth-order valence-corrected chi connectivity index (χ4v) is 3.05. The fourth-order valence-electron chi connectivity index (χ4n) is 2.60. The van der Waals surface area contributed by atoms with Crippen LogP contribution in [0.4, 0.5) is 0 Å². The summed E-state index contributed by atoms with van der Waals surface area (Å²) in [7, 11) is 0. The van der Waals surface area contributed by atoms with Gasteiger partial charge in [-0.15, -0.1) is 0 Å². The van der Waals surface area contributed by atoms with Crippen molar-refractivity contribution in [2.45, 2.75) is 25.9 Å². The number of hydrogen-bond donors (Lipinski definition) is 2. The molecule has 0 aliphatic carbocycles. The van der Waals surface area contributed by atoms with Crippen LogP contribution in [-0.2, 0) is 25.7 Å². The van der Waals surface area contributed by atoms with Gasteiger partial charge in [0.05, 0.1) is 19.1 Å². The van der Waals surface area contributed by atoms with Crippen LogP contribution in [-0.4, -0.2) is 55.0 Å². The average molecular weight is 412 g/mol. The molecule has 1 aromatic rings. The standard InChI is InChI=1S/C17H22BrN3O4/c1-2-25-16(23)10-20-15(22)9-14-17(24)21(7-6-19-14)11-12-4-3-5-13(18)8-12/h3-5,8,14,19H,2,6-7,9-11H2,1H3,(H,20,22). The molecule has 7 nitrogen and oxygen atoms in total. The van der Waals surface area contributed by atoms with E-state index in [1.54, 1.807) is 11.8 Å². The third kappa shape index (κ3) is 6.13. The Morgan fingerprint density at radius 2 is 2.24 bits per heavy atom. The molecule has 1 atom stereocenters. The lowest BCUT2D eigenvalue weighted by Crippen LogP contribution is -2.56. The Kier molecular flexibility index (Phi) is 7.39. The normalized spacial score (nSPS) is 17.3. The van der Waals surface area contributed by atoms with E-state index in [0.717, 1.165) is 10.0 Å². The van der Waals surface area contributed by atoms with Crippen LogP contribution in [0, 0.1) is 0 Å². The lowest BCUT2D eigenvalue weighted by atomic mass is 10.1. The van der Waals surface area contributed by atoms with Crippen LogP contribution in [0.1, 0.15) is 18.9 Å². The van der Waals surface area contributed by atoms with Crippen molar-refractivity contribution < 1.29 is 19.1 Å². The summed E-state index contributed by atoms with van der Waals surface area (Å²) in [6, 6.07) is 7.20. The van der Waals surface area contributed by atoms with Gasteiger partial charge in [0.25, 0.3) is 0 Å². The van der Waals surface area contributed by atoms with Crippen LogP contribution in [0.5, 0.6) is 0 Å². The van der Waals surface area contributed by atoms with Crippen molar-refractivity contribution in [3.05, 3.63) is 34.3 Å². The minimum atomic E-state index is -0.580. The zero-order chi connectivity index (χ0) is 18.2. The lowest BCUT2D eigenvalue weighted by Gasteiger charge is -2.33. The Morgan fingerprint density at radius 3 is 2.96 bits per heavy atom. The molecule has 2 rings (SSSR count). The summed E-state index contributed by atoms with van der Waals surface area (Å²) >= 11 is 3.42. The first-order valence-corrected chi connectivity index (χ1v) is 8.98. The molecule has 2 amide bonds. The number of piperazine rings is 1. The molecule has 0 bridgehead atoms. The van der Waals surface area contributed by atoms with Crippen molar-refractivity contribution in [2.75, 3.05) is 26.2 Å². The molecule has 0 spiro atoms. The number of hydrogen-bond acceptors (Lipinski definition) is 5. The molecule has 2 N–H and O–H groups in total. The number of esters is 1. The average Bonchev–Trinajstić information content (AvgIpc) is 2.57. The second-order valence-corrected chi connectivity index (χ2v) is 6.60. The molecule has 1 heterocycles. The quantitative estimate of drug-likeness (QED) is 0.648. The van der Waals surface area contributed by atoms with Gasteiger partial charge >= 0.3 is 5.97 Å². The molecular weight excluding hydrogens is 390 g/mol. The van der Waals surface area contributed by atoms with Crippen LogP contribution in [0.2, 0.25) is 0 Å². The maximum atomic E-state index is 12.6. The minimum absolute atomic E-state index is 0.00672. The summed E-state index contributed by atoms with van der Waals surface area (Å²) in [5, 5.41) is 5.54. The van der Waals surface area contributed by atoms with Crippen LogP contribution >= 0.6 is 15.9 Å². The number of carbonyl (C=O) groups is 3. The molecule has 1 aliphatic rings. The maximum Gasteiger partial charge on any atom is 0.325 e. The van der Waals surface area contributed by atoms with Gasteiger partial charge < -0.3 is 20.3 Å². The van der Waals surface area contributed by atoms with Gasteiger partial charge in [0.1, 0.15) is 6.54 Å². The van der Waals surface area contributed by atoms with E-state index in [9.17, 15) is 14.4 Å². The first-order valence-electron chi connectivity index (χ1n) is 8.18. The van der Waals surface area contributed by atoms with Gasteiger partial charge in [-0.05, 0) is 24.6 Å². The third-order valence-electron chi connectivity index (χ3n) is 3.77. The Morgan fingerprint density at radius 1 is 1.44 bits per heavy atom. The predicted octanol–water partition coefficient (Wildman–Crippen LogP) is 0.819. The van der Waals surface area contributed by atoms with E-state index in [1.807, 2.05) is 24.3 Å². The first kappa shape index (κ1) is 19.4. The molecule has 1 fully saturated rings. The highest BCUT2D eigenvalue weighted by atomic mass is 79.9. The zero-order valence-electron chi connectivity index (χ0n) is 14.1. The van der Waals surface area contributed by atoms with Crippen molar-refractivity contribution in [1.29, 1.82) is 0 Å². The predicted molar refractivity (Wildman–Crippen MR) is 95.6 cm³/mol. The van der Waals surface area contributed by atoms with Gasteiger partial charge in [0.2, 0.25) is 11.8 Å². The van der Waals surface area contributed by atoms with Crippen molar-refractivity contribution in [1.82, 2.24) is 15.5 Å². The second-order valence-electron chi connectivity index (χ2n) is 5.68. The summed E-state index contributed by atoms with van der Waals surface area (Å²) < 4.78 is 5.71. The molecular formula is C17H22BrN3O4. The Labute approximate surface area is 155 Å². The Hall–Kier alpha value is -1.93. The Balaban J connectivity index is 1.86. The summed E-state index contributed by atoms with van der Waals surface area (Å²) in [6.45, 7) is 3.49. The van der Waals surface area contributed by atoms with E-state index < -0.39 is 12.0 Å². The molecule has 0 aromatic heterocycles. The molecule has 1 aromatic carbocycles. The molecule has 1 aliphatic heterocycles. The fraction of sp³-hybridized carbons (Fsp3) is 0.471. The number of amides is 2. The van der Waals surface area contributed by atoms with Gasteiger partial charge in [-0.25, -0.2) is 0 Å². The summed E-state index contributed by atoms with van der Waals surface area (Å²) in [5.74, 6) is -0.962. The monoisotopic (exact) mass is 411 g/mol. The number of nitrogens with zero attached hydrogens (tertiary/aromatic N) is 1. The minimum Gasteiger partial charge on any atom is -0.465 e. The van der Waals surface area contributed by atoms with Crippen molar-refractivity contribution in [3.63, 3.8) is 0 Å². The van der Waals surface area contributed by atoms with E-state index >= 15 is 0 Å². The third-order valence-corrected chi connectivity index (χ3v) is 4.26. The van der Waals surface area contributed by atoms with E-state index in [2.05, 4.69) is 26.6 Å². The Bertz CT molecular complexity index is 638. The number of rotatable bonds is 7. The lowest BCUT2D eigenvalue weighted by molar-refractivity contribution is -0.143. The number of nitrogens with one attached hydrogen (secondary N) is 2. The van der Waals surface area contributed by atoms with Gasteiger partial charge in [-0.1, -0.05) is 28.1 Å². The van der Waals surface area contributed by atoms with Crippen molar-refractivity contribution >= 4 is 33.7 Å². The van der Waals surface area contributed by atoms with E-state index in [0.29, 0.717) is 19.6 Å². The molecule has 25 heavy (non-hydrogen) atoms. The highest BCUT2D eigenvalue weighted by Crippen LogP contribution is 2.15. The van der Waals surface area contributed by atoms with Gasteiger partial charge in [0.15, 0.2) is 0 Å². The van der Waals surface area contributed by atoms with E-state index in [4.69, 9.17) is 4.74 Å². The van der Waals surface area contributed by atoms with Gasteiger partial charge in [0, 0.05) is 24.1 Å². The molecule has 1 saturated heterocycles. The first-order chi connectivity index (χ1) is 12.0.